The van der Waals surface area contributed by atoms with Gasteiger partial charge in [0.1, 0.15) is 29.7 Å². The van der Waals surface area contributed by atoms with Crippen molar-refractivity contribution in [2.45, 2.75) is 40.0 Å². The Morgan fingerprint density at radius 3 is 2.70 bits per heavy atom. The number of anilines is 2. The van der Waals surface area contributed by atoms with Gasteiger partial charge in [0.15, 0.2) is 5.82 Å². The van der Waals surface area contributed by atoms with Crippen LogP contribution in [0.2, 0.25) is 0 Å². The third kappa shape index (κ3) is 4.13. The van der Waals surface area contributed by atoms with Crippen LogP contribution in [0.5, 0.6) is 5.75 Å². The third-order valence-corrected chi connectivity index (χ3v) is 4.82. The highest BCUT2D eigenvalue weighted by Crippen LogP contribution is 2.41. The average Bonchev–Trinajstić information content (AvgIpc) is 3.01. The van der Waals surface area contributed by atoms with Gasteiger partial charge in [0.25, 0.3) is 0 Å². The molecule has 0 saturated carbocycles. The van der Waals surface area contributed by atoms with Crippen molar-refractivity contribution in [3.63, 3.8) is 0 Å². The molecule has 1 aromatic carbocycles. The first-order chi connectivity index (χ1) is 14.2. The quantitative estimate of drug-likeness (QED) is 0.762. The normalized spacial score (nSPS) is 13.7. The van der Waals surface area contributed by atoms with Crippen molar-refractivity contribution in [2.24, 2.45) is 17.3 Å². The van der Waals surface area contributed by atoms with E-state index in [0.717, 1.165) is 18.8 Å². The van der Waals surface area contributed by atoms with Gasteiger partial charge in [0.05, 0.1) is 23.6 Å². The molecule has 2 heterocycles. The highest BCUT2D eigenvalue weighted by Gasteiger charge is 2.26. The number of aryl methyl sites for hydroxylation is 1. The standard InChI is InChI=1S/C21H27N7O2/c1-7-28-8-9-30-18-11-16(15(10-17(18)28)23-13(2)29)24-25-20-14(12-22)19(21(3,4)5)26-27(20)6/h10-11H,7-9H2,1-6H3,(H,23,29). The molecule has 1 aliphatic rings. The molecule has 1 N–H and O–H groups in total. The van der Waals surface area contributed by atoms with Gasteiger partial charge in [-0.25, -0.2) is 4.68 Å². The number of azo groups is 1. The Bertz CT molecular complexity index is 1040. The second kappa shape index (κ2) is 8.14. The zero-order chi connectivity index (χ0) is 22.1. The number of likely N-dealkylation sites (N-methyl/N-ethyl adjacent to an activating group) is 1. The van der Waals surface area contributed by atoms with Crippen molar-refractivity contribution in [2.75, 3.05) is 29.9 Å². The number of nitriles is 1. The summed E-state index contributed by atoms with van der Waals surface area (Å²) in [5, 5.41) is 25.6. The van der Waals surface area contributed by atoms with Gasteiger partial charge >= 0.3 is 0 Å². The number of rotatable bonds is 4. The summed E-state index contributed by atoms with van der Waals surface area (Å²) in [4.78, 5) is 13.9. The Balaban J connectivity index is 2.09. The van der Waals surface area contributed by atoms with E-state index < -0.39 is 0 Å². The molecule has 0 aliphatic carbocycles. The molecule has 1 amide bonds. The fraction of sp³-hybridized carbons (Fsp3) is 0.476. The monoisotopic (exact) mass is 409 g/mol. The summed E-state index contributed by atoms with van der Waals surface area (Å²) in [6, 6.07) is 5.81. The highest BCUT2D eigenvalue weighted by molar-refractivity contribution is 5.94. The summed E-state index contributed by atoms with van der Waals surface area (Å²) in [7, 11) is 1.73. The Morgan fingerprint density at radius 1 is 1.37 bits per heavy atom. The van der Waals surface area contributed by atoms with Crippen LogP contribution in [-0.2, 0) is 17.3 Å². The van der Waals surface area contributed by atoms with Crippen molar-refractivity contribution >= 4 is 28.8 Å². The minimum atomic E-state index is -0.304. The lowest BCUT2D eigenvalue weighted by atomic mass is 9.90. The summed E-state index contributed by atoms with van der Waals surface area (Å²) in [5.41, 5.74) is 2.63. The minimum absolute atomic E-state index is 0.209. The van der Waals surface area contributed by atoms with Crippen molar-refractivity contribution in [1.29, 1.82) is 5.26 Å². The van der Waals surface area contributed by atoms with E-state index >= 15 is 0 Å². The second-order valence-corrected chi connectivity index (χ2v) is 8.18. The number of hydrogen-bond donors (Lipinski definition) is 1. The van der Waals surface area contributed by atoms with Crippen LogP contribution in [-0.4, -0.2) is 35.4 Å². The summed E-state index contributed by atoms with van der Waals surface area (Å²) < 4.78 is 7.35. The Morgan fingerprint density at radius 2 is 2.10 bits per heavy atom. The molecule has 0 spiro atoms. The Kier molecular flexibility index (Phi) is 5.78. The van der Waals surface area contributed by atoms with E-state index in [4.69, 9.17) is 4.74 Å². The summed E-state index contributed by atoms with van der Waals surface area (Å²) in [6.07, 6.45) is 0. The van der Waals surface area contributed by atoms with Crippen LogP contribution >= 0.6 is 0 Å². The molecule has 0 bridgehead atoms. The van der Waals surface area contributed by atoms with Gasteiger partial charge in [0.2, 0.25) is 5.91 Å². The molecule has 1 aromatic heterocycles. The van der Waals surface area contributed by atoms with Crippen molar-refractivity contribution in [3.05, 3.63) is 23.4 Å². The highest BCUT2D eigenvalue weighted by atomic mass is 16.5. The summed E-state index contributed by atoms with van der Waals surface area (Å²) in [5.74, 6) is 0.844. The molecular formula is C21H27N7O2. The maximum atomic E-state index is 11.7. The van der Waals surface area contributed by atoms with E-state index in [-0.39, 0.29) is 11.3 Å². The number of carbonyl (C=O) groups is 1. The fourth-order valence-electron chi connectivity index (χ4n) is 3.37. The first-order valence-corrected chi connectivity index (χ1v) is 9.88. The number of nitrogens with one attached hydrogen (secondary N) is 1. The molecule has 9 heteroatoms. The van der Waals surface area contributed by atoms with E-state index in [1.165, 1.54) is 6.92 Å². The van der Waals surface area contributed by atoms with Crippen LogP contribution < -0.4 is 15.0 Å². The van der Waals surface area contributed by atoms with Gasteiger partial charge in [-0.15, -0.1) is 10.2 Å². The SMILES string of the molecule is CCN1CCOc2cc(N=Nc3c(C#N)c(C(C)(C)C)nn3C)c(NC(C)=O)cc21. The van der Waals surface area contributed by atoms with Gasteiger partial charge in [-0.2, -0.15) is 10.4 Å². The van der Waals surface area contributed by atoms with E-state index in [9.17, 15) is 10.1 Å². The van der Waals surface area contributed by atoms with Crippen molar-refractivity contribution < 1.29 is 9.53 Å². The molecule has 1 aliphatic heterocycles. The zero-order valence-corrected chi connectivity index (χ0v) is 18.3. The van der Waals surface area contributed by atoms with Crippen LogP contribution in [0, 0.1) is 11.3 Å². The molecule has 0 unspecified atom stereocenters. The number of benzene rings is 1. The second-order valence-electron chi connectivity index (χ2n) is 8.18. The molecule has 2 aromatic rings. The van der Waals surface area contributed by atoms with E-state index in [1.54, 1.807) is 17.8 Å². The van der Waals surface area contributed by atoms with Gasteiger partial charge in [-0.1, -0.05) is 20.8 Å². The molecule has 158 valence electrons. The molecule has 0 atom stereocenters. The number of ether oxygens (including phenoxy) is 1. The third-order valence-electron chi connectivity index (χ3n) is 4.82. The number of amides is 1. The predicted octanol–water partition coefficient (Wildman–Crippen LogP) is 4.18. The lowest BCUT2D eigenvalue weighted by Gasteiger charge is -2.31. The van der Waals surface area contributed by atoms with Crippen LogP contribution in [0.25, 0.3) is 0 Å². The fourth-order valence-corrected chi connectivity index (χ4v) is 3.37. The van der Waals surface area contributed by atoms with Gasteiger partial charge in [-0.3, -0.25) is 4.79 Å². The summed E-state index contributed by atoms with van der Waals surface area (Å²) >= 11 is 0. The number of nitrogens with zero attached hydrogens (tertiary/aromatic N) is 6. The lowest BCUT2D eigenvalue weighted by molar-refractivity contribution is -0.114. The van der Waals surface area contributed by atoms with E-state index in [2.05, 4.69) is 38.5 Å². The Hall–Kier alpha value is -3.41. The van der Waals surface area contributed by atoms with Gasteiger partial charge in [-0.05, 0) is 13.0 Å². The Labute approximate surface area is 176 Å². The van der Waals surface area contributed by atoms with Gasteiger partial charge in [0, 0.05) is 32.0 Å². The average molecular weight is 409 g/mol. The molecule has 0 fully saturated rings. The topological polar surface area (TPSA) is 108 Å². The molecule has 3 rings (SSSR count). The smallest absolute Gasteiger partial charge is 0.221 e. The summed E-state index contributed by atoms with van der Waals surface area (Å²) in [6.45, 7) is 11.7. The van der Waals surface area contributed by atoms with Crippen molar-refractivity contribution in [1.82, 2.24) is 9.78 Å². The van der Waals surface area contributed by atoms with Crippen molar-refractivity contribution in [3.8, 4) is 11.8 Å². The maximum Gasteiger partial charge on any atom is 0.221 e. The number of hydrogen-bond acceptors (Lipinski definition) is 7. The lowest BCUT2D eigenvalue weighted by Crippen LogP contribution is -2.32. The largest absolute Gasteiger partial charge is 0.489 e. The number of fused-ring (bicyclic) bond motifs is 1. The predicted molar refractivity (Wildman–Crippen MR) is 115 cm³/mol. The maximum absolute atomic E-state index is 11.7. The minimum Gasteiger partial charge on any atom is -0.489 e. The first-order valence-electron chi connectivity index (χ1n) is 9.88. The molecule has 9 nitrogen and oxygen atoms in total. The van der Waals surface area contributed by atoms with Crippen LogP contribution in [0.4, 0.5) is 22.9 Å². The van der Waals surface area contributed by atoms with Gasteiger partial charge < -0.3 is 15.0 Å². The molecule has 0 saturated heterocycles. The van der Waals surface area contributed by atoms with Crippen LogP contribution in [0.1, 0.15) is 45.9 Å². The van der Waals surface area contributed by atoms with E-state index in [0.29, 0.717) is 40.8 Å². The molecule has 0 radical (unpaired) electrons. The molecule has 30 heavy (non-hydrogen) atoms. The zero-order valence-electron chi connectivity index (χ0n) is 18.3. The number of aromatic nitrogens is 2. The van der Waals surface area contributed by atoms with Crippen LogP contribution in [0.3, 0.4) is 0 Å². The first kappa shape index (κ1) is 21.3. The van der Waals surface area contributed by atoms with E-state index in [1.807, 2.05) is 26.8 Å². The van der Waals surface area contributed by atoms with Crippen LogP contribution in [0.15, 0.2) is 22.4 Å². The molecular weight excluding hydrogens is 382 g/mol. The number of carbonyl (C=O) groups excluding carboxylic acids is 1.